The predicted octanol–water partition coefficient (Wildman–Crippen LogP) is -0.810. The maximum Gasteiger partial charge on any atom is 0.326 e. The summed E-state index contributed by atoms with van der Waals surface area (Å²) in [4.78, 5) is 49.0. The molecule has 8 heteroatoms. The average molecular weight is 267 g/mol. The summed E-state index contributed by atoms with van der Waals surface area (Å²) in [5.74, 6) is -1.65. The summed E-state index contributed by atoms with van der Waals surface area (Å²) in [6, 6.07) is 0.962. The van der Waals surface area contributed by atoms with Crippen molar-refractivity contribution in [2.45, 2.75) is 31.2 Å². The monoisotopic (exact) mass is 267 g/mol. The van der Waals surface area contributed by atoms with Crippen molar-refractivity contribution in [1.29, 1.82) is 0 Å². The predicted molar refractivity (Wildman–Crippen MR) is 64.0 cm³/mol. The molecule has 8 nitrogen and oxygen atoms in total. The van der Waals surface area contributed by atoms with Crippen molar-refractivity contribution >= 4 is 11.9 Å². The molecule has 1 aromatic heterocycles. The number of aromatic nitrogens is 2. The van der Waals surface area contributed by atoms with Crippen LogP contribution in [0.2, 0.25) is 0 Å². The molecular formula is C11H13N3O5. The number of aliphatic carboxylic acids is 1. The van der Waals surface area contributed by atoms with Crippen LogP contribution in [0.15, 0.2) is 15.7 Å². The van der Waals surface area contributed by atoms with E-state index in [-0.39, 0.29) is 12.1 Å². The second-order valence-corrected chi connectivity index (χ2v) is 4.66. The first-order valence-corrected chi connectivity index (χ1v) is 5.78. The van der Waals surface area contributed by atoms with Gasteiger partial charge in [-0.15, -0.1) is 0 Å². The molecule has 0 bridgehead atoms. The van der Waals surface area contributed by atoms with Crippen molar-refractivity contribution in [3.05, 3.63) is 32.6 Å². The molecule has 4 N–H and O–H groups in total. The fourth-order valence-corrected chi connectivity index (χ4v) is 2.14. The van der Waals surface area contributed by atoms with Gasteiger partial charge in [0.25, 0.3) is 11.5 Å². The minimum absolute atomic E-state index is 0.174. The van der Waals surface area contributed by atoms with Crippen LogP contribution in [0.4, 0.5) is 0 Å². The molecule has 0 saturated heterocycles. The first-order valence-electron chi connectivity index (χ1n) is 5.78. The lowest BCUT2D eigenvalue weighted by atomic mass is 9.74. The first-order chi connectivity index (χ1) is 8.90. The molecular weight excluding hydrogens is 254 g/mol. The van der Waals surface area contributed by atoms with Crippen LogP contribution in [-0.4, -0.2) is 32.5 Å². The quantitative estimate of drug-likeness (QED) is 0.566. The van der Waals surface area contributed by atoms with E-state index in [1.807, 2.05) is 4.98 Å². The largest absolute Gasteiger partial charge is 0.481 e. The summed E-state index contributed by atoms with van der Waals surface area (Å²) in [5, 5.41) is 11.4. The third-order valence-electron chi connectivity index (χ3n) is 3.18. The van der Waals surface area contributed by atoms with Crippen molar-refractivity contribution in [1.82, 2.24) is 15.3 Å². The molecule has 1 aromatic rings. The number of carboxylic acids is 1. The zero-order valence-electron chi connectivity index (χ0n) is 9.99. The number of rotatable bonds is 4. The highest BCUT2D eigenvalue weighted by Gasteiger charge is 2.40. The van der Waals surface area contributed by atoms with E-state index in [2.05, 4.69) is 10.3 Å². The number of hydrogen-bond donors (Lipinski definition) is 4. The molecule has 0 aromatic carbocycles. The van der Waals surface area contributed by atoms with Gasteiger partial charge in [-0.05, 0) is 19.3 Å². The second kappa shape index (κ2) is 4.71. The molecule has 0 radical (unpaired) electrons. The Labute approximate surface area is 106 Å². The standard InChI is InChI=1S/C11H13N3O5/c15-7-4-6(12-10(19)13-7)9(18)14-11(2-1-3-11)5-8(16)17/h4H,1-3,5H2,(H,14,18)(H,16,17)(H2,12,13,15,19). The number of H-pyrrole nitrogens is 2. The lowest BCUT2D eigenvalue weighted by Crippen LogP contribution is -2.55. The Morgan fingerprint density at radius 2 is 2.00 bits per heavy atom. The van der Waals surface area contributed by atoms with E-state index >= 15 is 0 Å². The van der Waals surface area contributed by atoms with E-state index in [9.17, 15) is 19.2 Å². The van der Waals surface area contributed by atoms with Gasteiger partial charge in [0.2, 0.25) is 0 Å². The number of hydrogen-bond acceptors (Lipinski definition) is 4. The van der Waals surface area contributed by atoms with Gasteiger partial charge in [-0.3, -0.25) is 19.4 Å². The van der Waals surface area contributed by atoms with Crippen molar-refractivity contribution in [3.63, 3.8) is 0 Å². The van der Waals surface area contributed by atoms with Crippen LogP contribution in [0.1, 0.15) is 36.2 Å². The molecule has 19 heavy (non-hydrogen) atoms. The number of carbonyl (C=O) groups is 2. The minimum Gasteiger partial charge on any atom is -0.481 e. The van der Waals surface area contributed by atoms with E-state index in [0.717, 1.165) is 12.5 Å². The Kier molecular flexibility index (Phi) is 3.24. The van der Waals surface area contributed by atoms with Gasteiger partial charge < -0.3 is 15.4 Å². The molecule has 0 aliphatic heterocycles. The molecule has 1 fully saturated rings. The molecule has 1 saturated carbocycles. The van der Waals surface area contributed by atoms with Crippen LogP contribution in [0.3, 0.4) is 0 Å². The Hall–Kier alpha value is -2.38. The number of nitrogens with one attached hydrogen (secondary N) is 3. The highest BCUT2D eigenvalue weighted by molar-refractivity contribution is 5.93. The Balaban J connectivity index is 2.18. The summed E-state index contributed by atoms with van der Waals surface area (Å²) in [6.07, 6.45) is 1.79. The highest BCUT2D eigenvalue weighted by Crippen LogP contribution is 2.35. The Morgan fingerprint density at radius 1 is 1.32 bits per heavy atom. The fourth-order valence-electron chi connectivity index (χ4n) is 2.14. The average Bonchev–Trinajstić information content (AvgIpc) is 2.23. The molecule has 0 unspecified atom stereocenters. The van der Waals surface area contributed by atoms with Gasteiger partial charge in [0.1, 0.15) is 5.69 Å². The molecule has 102 valence electrons. The van der Waals surface area contributed by atoms with Crippen LogP contribution >= 0.6 is 0 Å². The molecule has 0 atom stereocenters. The minimum atomic E-state index is -1.00. The van der Waals surface area contributed by atoms with Crippen molar-refractivity contribution in [2.75, 3.05) is 0 Å². The van der Waals surface area contributed by atoms with Gasteiger partial charge in [0.15, 0.2) is 0 Å². The molecule has 0 spiro atoms. The van der Waals surface area contributed by atoms with Gasteiger partial charge >= 0.3 is 11.7 Å². The fraction of sp³-hybridized carbons (Fsp3) is 0.455. The summed E-state index contributed by atoms with van der Waals surface area (Å²) >= 11 is 0. The van der Waals surface area contributed by atoms with E-state index in [1.165, 1.54) is 0 Å². The lowest BCUT2D eigenvalue weighted by Gasteiger charge is -2.41. The van der Waals surface area contributed by atoms with Crippen LogP contribution in [0.5, 0.6) is 0 Å². The number of carbonyl (C=O) groups excluding carboxylic acids is 1. The van der Waals surface area contributed by atoms with E-state index in [4.69, 9.17) is 5.11 Å². The lowest BCUT2D eigenvalue weighted by molar-refractivity contribution is -0.139. The smallest absolute Gasteiger partial charge is 0.326 e. The topological polar surface area (TPSA) is 132 Å². The van der Waals surface area contributed by atoms with Crippen LogP contribution in [-0.2, 0) is 4.79 Å². The zero-order chi connectivity index (χ0) is 14.0. The van der Waals surface area contributed by atoms with Gasteiger partial charge in [-0.2, -0.15) is 0 Å². The highest BCUT2D eigenvalue weighted by atomic mass is 16.4. The van der Waals surface area contributed by atoms with Gasteiger partial charge in [0, 0.05) is 6.07 Å². The SMILES string of the molecule is O=C(O)CC1(NC(=O)c2cc(=O)[nH]c(=O)[nH]2)CCC1. The summed E-state index contributed by atoms with van der Waals surface area (Å²) in [7, 11) is 0. The van der Waals surface area contributed by atoms with Gasteiger partial charge in [-0.25, -0.2) is 4.79 Å². The van der Waals surface area contributed by atoms with Crippen LogP contribution in [0.25, 0.3) is 0 Å². The number of amides is 1. The van der Waals surface area contributed by atoms with Crippen LogP contribution < -0.4 is 16.6 Å². The van der Waals surface area contributed by atoms with Crippen molar-refractivity contribution in [3.8, 4) is 0 Å². The van der Waals surface area contributed by atoms with Crippen molar-refractivity contribution in [2.24, 2.45) is 0 Å². The maximum atomic E-state index is 11.9. The molecule has 1 heterocycles. The number of aromatic amines is 2. The van der Waals surface area contributed by atoms with Gasteiger partial charge in [0.05, 0.1) is 12.0 Å². The normalized spacial score (nSPS) is 16.4. The first kappa shape index (κ1) is 13.1. The Bertz CT molecular complexity index is 597. The summed E-state index contributed by atoms with van der Waals surface area (Å²) in [6.45, 7) is 0. The molecule has 1 aliphatic carbocycles. The van der Waals surface area contributed by atoms with Crippen molar-refractivity contribution < 1.29 is 14.7 Å². The van der Waals surface area contributed by atoms with E-state index in [1.54, 1.807) is 0 Å². The number of carboxylic acid groups (broad SMARTS) is 1. The molecule has 1 aliphatic rings. The second-order valence-electron chi connectivity index (χ2n) is 4.66. The van der Waals surface area contributed by atoms with Crippen LogP contribution in [0, 0.1) is 0 Å². The molecule has 1 amide bonds. The maximum absolute atomic E-state index is 11.9. The summed E-state index contributed by atoms with van der Waals surface area (Å²) < 4.78 is 0. The zero-order valence-corrected chi connectivity index (χ0v) is 9.99. The summed E-state index contributed by atoms with van der Waals surface area (Å²) in [5.41, 5.74) is -2.42. The van der Waals surface area contributed by atoms with E-state index < -0.39 is 28.7 Å². The van der Waals surface area contributed by atoms with E-state index in [0.29, 0.717) is 12.8 Å². The molecule has 2 rings (SSSR count). The third kappa shape index (κ3) is 2.90. The Morgan fingerprint density at radius 3 is 2.47 bits per heavy atom. The third-order valence-corrected chi connectivity index (χ3v) is 3.18. The van der Waals surface area contributed by atoms with Gasteiger partial charge in [-0.1, -0.05) is 0 Å².